The summed E-state index contributed by atoms with van der Waals surface area (Å²) in [7, 11) is -0.281. The quantitative estimate of drug-likeness (QED) is 0.264. The first kappa shape index (κ1) is 18.1. The van der Waals surface area contributed by atoms with Gasteiger partial charge in [-0.3, -0.25) is 0 Å². The maximum absolute atomic E-state index is 2.87. The molecule has 0 saturated carbocycles. The molecule has 0 bridgehead atoms. The van der Waals surface area contributed by atoms with E-state index >= 15 is 0 Å². The lowest BCUT2D eigenvalue weighted by Crippen LogP contribution is -2.07. The van der Waals surface area contributed by atoms with Crippen molar-refractivity contribution in [3.8, 4) is 0 Å². The van der Waals surface area contributed by atoms with Crippen LogP contribution in [0.25, 0.3) is 0 Å². The first-order chi connectivity index (χ1) is 8.18. The molecule has 0 radical (unpaired) electrons. The Balaban J connectivity index is 3.82. The Morgan fingerprint density at radius 1 is 0.588 bits per heavy atom. The van der Waals surface area contributed by atoms with Crippen LogP contribution in [-0.4, -0.2) is 17.3 Å². The van der Waals surface area contributed by atoms with E-state index in [0.717, 1.165) is 0 Å². The van der Waals surface area contributed by atoms with Gasteiger partial charge in [0.05, 0.1) is 0 Å². The third-order valence-electron chi connectivity index (χ3n) is 3.34. The predicted molar refractivity (Wildman–Crippen MR) is 94.8 cm³/mol. The van der Waals surface area contributed by atoms with Gasteiger partial charge < -0.3 is 0 Å². The topological polar surface area (TPSA) is 0 Å². The zero-order chi connectivity index (χ0) is 13.0. The van der Waals surface area contributed by atoms with Gasteiger partial charge in [0.15, 0.2) is 0 Å². The second kappa shape index (κ2) is 12.1. The smallest absolute Gasteiger partial charge is 0.0144 e. The van der Waals surface area contributed by atoms with Crippen LogP contribution < -0.4 is 0 Å². The van der Waals surface area contributed by atoms with E-state index in [4.69, 9.17) is 0 Å². The summed E-state index contributed by atoms with van der Waals surface area (Å²) in [6.07, 6.45) is 12.9. The van der Waals surface area contributed by atoms with E-state index in [1.807, 2.05) is 0 Å². The number of halogens is 1. The molecule has 0 aliphatic carbocycles. The second-order valence-electron chi connectivity index (χ2n) is 5.17. The summed E-state index contributed by atoms with van der Waals surface area (Å²) in [6.45, 7) is 6.96. The first-order valence-electron chi connectivity index (χ1n) is 7.64. The molecule has 0 N–H and O–H groups in total. The molecule has 0 aromatic rings. The first-order valence-corrected chi connectivity index (χ1v) is 12.3. The van der Waals surface area contributed by atoms with Crippen molar-refractivity contribution < 1.29 is 0 Å². The molecule has 0 aliphatic rings. The summed E-state index contributed by atoms with van der Waals surface area (Å²) < 4.78 is 0. The van der Waals surface area contributed by atoms with Crippen molar-refractivity contribution in [3.05, 3.63) is 0 Å². The van der Waals surface area contributed by atoms with Crippen LogP contribution in [0.1, 0.15) is 78.6 Å². The molecule has 0 fully saturated rings. The van der Waals surface area contributed by atoms with Gasteiger partial charge in [-0.2, -0.15) is 7.20 Å². The summed E-state index contributed by atoms with van der Waals surface area (Å²) in [5.74, 6) is 4.59. The second-order valence-corrected chi connectivity index (χ2v) is 13.9. The van der Waals surface area contributed by atoms with Crippen molar-refractivity contribution in [2.75, 3.05) is 17.3 Å². The molecule has 0 rings (SSSR count). The van der Waals surface area contributed by atoms with Crippen molar-refractivity contribution in [1.29, 1.82) is 0 Å². The van der Waals surface area contributed by atoms with E-state index in [9.17, 15) is 0 Å². The molecule has 0 unspecified atom stereocenters. The Morgan fingerprint density at radius 2 is 1.00 bits per heavy atom. The summed E-state index contributed by atoms with van der Waals surface area (Å²) in [5, 5.41) is 0. The molecular weight excluding hydrogens is 339 g/mol. The van der Waals surface area contributed by atoms with Crippen LogP contribution >= 0.6 is 28.4 Å². The Labute approximate surface area is 124 Å². The van der Waals surface area contributed by atoms with Gasteiger partial charge in [-0.1, -0.05) is 59.3 Å². The van der Waals surface area contributed by atoms with Crippen LogP contribution in [0.15, 0.2) is 0 Å². The van der Waals surface area contributed by atoms with E-state index in [2.05, 4.69) is 42.0 Å². The van der Waals surface area contributed by atoms with Crippen LogP contribution in [0.5, 0.6) is 0 Å². The Morgan fingerprint density at radius 3 is 1.47 bits per heavy atom. The lowest BCUT2D eigenvalue weighted by molar-refractivity contribution is 0.658. The third kappa shape index (κ3) is 10.7. The predicted octanol–water partition coefficient (Wildman–Crippen LogP) is 6.71. The van der Waals surface area contributed by atoms with Crippen molar-refractivity contribution >= 4 is 28.4 Å². The molecule has 0 spiro atoms. The normalized spacial score (nSPS) is 12.9. The zero-order valence-electron chi connectivity index (χ0n) is 12.3. The Hall–Kier alpha value is 1.08. The minimum atomic E-state index is -0.281. The van der Waals surface area contributed by atoms with Crippen molar-refractivity contribution in [2.24, 2.45) is 0 Å². The van der Waals surface area contributed by atoms with Crippen molar-refractivity contribution in [3.63, 3.8) is 0 Å². The van der Waals surface area contributed by atoms with Gasteiger partial charge in [-0.15, -0.1) is 0 Å². The van der Waals surface area contributed by atoms with Crippen molar-refractivity contribution in [2.45, 2.75) is 78.6 Å². The van der Waals surface area contributed by atoms with E-state index in [1.54, 1.807) is 0 Å². The fourth-order valence-electron chi connectivity index (χ4n) is 2.08. The maximum Gasteiger partial charge on any atom is -0.0144 e. The van der Waals surface area contributed by atoms with Gasteiger partial charge in [0.2, 0.25) is 0 Å². The highest BCUT2D eigenvalue weighted by Gasteiger charge is 2.18. The standard InChI is InChI=1S/C15H33IS/c1-4-7-10-11-12-15-17(16,13-8-5-2)14-9-6-3/h4-15H2,1-3H3. The molecule has 0 saturated heterocycles. The minimum absolute atomic E-state index is 0.281. The van der Waals surface area contributed by atoms with Crippen LogP contribution in [0.4, 0.5) is 0 Å². The molecule has 0 aliphatic heterocycles. The third-order valence-corrected chi connectivity index (χ3v) is 10.4. The molecule has 106 valence electrons. The number of hydrogen-bond acceptors (Lipinski definition) is 0. The van der Waals surface area contributed by atoms with Gasteiger partial charge in [0.25, 0.3) is 0 Å². The molecule has 0 atom stereocenters. The largest absolute Gasteiger partial charge is 0.187 e. The highest BCUT2D eigenvalue weighted by Crippen LogP contribution is 2.58. The molecule has 17 heavy (non-hydrogen) atoms. The lowest BCUT2D eigenvalue weighted by atomic mass is 10.2. The summed E-state index contributed by atoms with van der Waals surface area (Å²) in [5.41, 5.74) is 0. The van der Waals surface area contributed by atoms with Gasteiger partial charge in [0, 0.05) is 0 Å². The minimum Gasteiger partial charge on any atom is -0.187 e. The van der Waals surface area contributed by atoms with Crippen LogP contribution in [-0.2, 0) is 0 Å². The summed E-state index contributed by atoms with van der Waals surface area (Å²) in [6, 6.07) is 0. The monoisotopic (exact) mass is 372 g/mol. The fraction of sp³-hybridized carbons (Fsp3) is 1.00. The van der Waals surface area contributed by atoms with Gasteiger partial charge in [-0.25, -0.2) is 0 Å². The number of rotatable bonds is 12. The average Bonchev–Trinajstić information content (AvgIpc) is 2.34. The Bertz CT molecular complexity index is 151. The van der Waals surface area contributed by atoms with Crippen molar-refractivity contribution in [1.82, 2.24) is 0 Å². The van der Waals surface area contributed by atoms with Gasteiger partial charge in [0.1, 0.15) is 0 Å². The molecule has 0 aromatic heterocycles. The highest BCUT2D eigenvalue weighted by molar-refractivity contribution is 14.2. The average molecular weight is 372 g/mol. The Kier molecular flexibility index (Phi) is 12.9. The van der Waals surface area contributed by atoms with E-state index in [0.29, 0.717) is 0 Å². The highest BCUT2D eigenvalue weighted by atomic mass is 127. The molecule has 2 heteroatoms. The fourth-order valence-corrected chi connectivity index (χ4v) is 7.83. The van der Waals surface area contributed by atoms with Gasteiger partial charge >= 0.3 is 0 Å². The van der Waals surface area contributed by atoms with Crippen LogP contribution in [0.2, 0.25) is 0 Å². The van der Waals surface area contributed by atoms with E-state index < -0.39 is 0 Å². The maximum atomic E-state index is 2.87. The van der Waals surface area contributed by atoms with E-state index in [1.165, 1.54) is 75.0 Å². The summed E-state index contributed by atoms with van der Waals surface area (Å²) >= 11 is 2.87. The number of unbranched alkanes of at least 4 members (excludes halogenated alkanes) is 6. The summed E-state index contributed by atoms with van der Waals surface area (Å²) in [4.78, 5) is 0. The molecule has 0 aromatic carbocycles. The molecule has 0 nitrogen and oxygen atoms in total. The van der Waals surface area contributed by atoms with Crippen LogP contribution in [0, 0.1) is 0 Å². The molecular formula is C15H33IS. The number of hydrogen-bond donors (Lipinski definition) is 0. The molecule has 0 heterocycles. The molecule has 0 amide bonds. The van der Waals surface area contributed by atoms with E-state index in [-0.39, 0.29) is 7.20 Å². The lowest BCUT2D eigenvalue weighted by Gasteiger charge is -2.34. The van der Waals surface area contributed by atoms with Crippen LogP contribution in [0.3, 0.4) is 0 Å². The zero-order valence-corrected chi connectivity index (χ0v) is 15.2. The van der Waals surface area contributed by atoms with Gasteiger partial charge in [-0.05, 0) is 57.7 Å². The SMILES string of the molecule is CCCCCCCS(I)(CCCC)CCCC.